The number of nitrogens with one attached hydrogen (secondary N) is 1. The van der Waals surface area contributed by atoms with Gasteiger partial charge in [0, 0.05) is 19.0 Å². The van der Waals surface area contributed by atoms with Gasteiger partial charge in [-0.15, -0.1) is 5.10 Å². The van der Waals surface area contributed by atoms with Crippen LogP contribution in [0.15, 0.2) is 4.60 Å². The van der Waals surface area contributed by atoms with E-state index in [-0.39, 0.29) is 0 Å². The molecule has 3 atom stereocenters. The van der Waals surface area contributed by atoms with E-state index in [2.05, 4.69) is 59.3 Å². The average Bonchev–Trinajstić information content (AvgIpc) is 2.75. The van der Waals surface area contributed by atoms with Crippen LogP contribution >= 0.6 is 15.9 Å². The predicted molar refractivity (Wildman–Crippen MR) is 90.3 cm³/mol. The highest BCUT2D eigenvalue weighted by Gasteiger charge is 2.35. The molecule has 0 aromatic carbocycles. The molecule has 120 valence electrons. The average molecular weight is 357 g/mol. The highest BCUT2D eigenvalue weighted by atomic mass is 79.9. The van der Waals surface area contributed by atoms with Crippen LogP contribution < -0.4 is 5.32 Å². The number of hydrogen-bond acceptors (Lipinski definition) is 3. The number of aryl methyl sites for hydroxylation is 1. The summed E-state index contributed by atoms with van der Waals surface area (Å²) in [6.45, 7) is 10.2. The summed E-state index contributed by atoms with van der Waals surface area (Å²) >= 11 is 3.60. The maximum absolute atomic E-state index is 4.20. The van der Waals surface area contributed by atoms with Crippen LogP contribution in [0.3, 0.4) is 0 Å². The van der Waals surface area contributed by atoms with Crippen molar-refractivity contribution >= 4 is 15.9 Å². The summed E-state index contributed by atoms with van der Waals surface area (Å²) in [4.78, 5) is 0. The molecule has 1 saturated carbocycles. The molecule has 1 aliphatic rings. The van der Waals surface area contributed by atoms with Crippen molar-refractivity contribution in [3.8, 4) is 0 Å². The third-order valence-electron chi connectivity index (χ3n) is 4.94. The van der Waals surface area contributed by atoms with Gasteiger partial charge in [-0.2, -0.15) is 0 Å². The topological polar surface area (TPSA) is 42.7 Å². The van der Waals surface area contributed by atoms with Crippen molar-refractivity contribution in [1.29, 1.82) is 0 Å². The van der Waals surface area contributed by atoms with Gasteiger partial charge in [-0.3, -0.25) is 4.68 Å². The third kappa shape index (κ3) is 4.07. The Labute approximate surface area is 137 Å². The highest BCUT2D eigenvalue weighted by molar-refractivity contribution is 9.10. The quantitative estimate of drug-likeness (QED) is 0.873. The van der Waals surface area contributed by atoms with Crippen molar-refractivity contribution in [1.82, 2.24) is 20.3 Å². The summed E-state index contributed by atoms with van der Waals surface area (Å²) in [7, 11) is 2.01. The second-order valence-corrected chi connectivity index (χ2v) is 7.89. The van der Waals surface area contributed by atoms with E-state index in [1.807, 2.05) is 11.7 Å². The zero-order valence-electron chi connectivity index (χ0n) is 13.9. The lowest BCUT2D eigenvalue weighted by atomic mass is 9.69. The molecule has 0 spiro atoms. The molecular formula is C16H29BrN4. The Morgan fingerprint density at radius 2 is 2.00 bits per heavy atom. The summed E-state index contributed by atoms with van der Waals surface area (Å²) in [5, 5.41) is 12.0. The van der Waals surface area contributed by atoms with Crippen molar-refractivity contribution in [2.45, 2.75) is 58.9 Å². The van der Waals surface area contributed by atoms with Gasteiger partial charge in [0.05, 0.1) is 5.69 Å². The van der Waals surface area contributed by atoms with E-state index in [1.54, 1.807) is 0 Å². The molecular weight excluding hydrogens is 328 g/mol. The fraction of sp³-hybridized carbons (Fsp3) is 0.875. The van der Waals surface area contributed by atoms with Crippen molar-refractivity contribution in [2.24, 2.45) is 24.8 Å². The van der Waals surface area contributed by atoms with E-state index in [0.29, 0.717) is 17.9 Å². The Kier molecular flexibility index (Phi) is 5.83. The van der Waals surface area contributed by atoms with Crippen LogP contribution in [0, 0.1) is 17.8 Å². The van der Waals surface area contributed by atoms with Gasteiger partial charge in [0.15, 0.2) is 4.60 Å². The molecule has 0 radical (unpaired) electrons. The maximum Gasteiger partial charge on any atom is 0.151 e. The van der Waals surface area contributed by atoms with E-state index in [9.17, 15) is 0 Å². The monoisotopic (exact) mass is 356 g/mol. The molecule has 1 aromatic heterocycles. The Balaban J connectivity index is 2.20. The molecule has 5 heteroatoms. The maximum atomic E-state index is 4.20. The second kappa shape index (κ2) is 7.23. The summed E-state index contributed by atoms with van der Waals surface area (Å²) in [5.41, 5.74) is 1.27. The van der Waals surface area contributed by atoms with Gasteiger partial charge < -0.3 is 5.32 Å². The molecule has 4 nitrogen and oxygen atoms in total. The van der Waals surface area contributed by atoms with Gasteiger partial charge in [0.2, 0.25) is 0 Å². The molecule has 0 bridgehead atoms. The number of hydrogen-bond donors (Lipinski definition) is 1. The molecule has 21 heavy (non-hydrogen) atoms. The lowest BCUT2D eigenvalue weighted by Crippen LogP contribution is -2.36. The molecule has 3 unspecified atom stereocenters. The zero-order valence-corrected chi connectivity index (χ0v) is 15.5. The van der Waals surface area contributed by atoms with E-state index < -0.39 is 0 Å². The number of aromatic nitrogens is 3. The third-order valence-corrected chi connectivity index (χ3v) is 5.51. The first-order valence-corrected chi connectivity index (χ1v) is 8.97. The number of nitrogens with zero attached hydrogens (tertiary/aromatic N) is 3. The molecule has 0 amide bonds. The van der Waals surface area contributed by atoms with Crippen LogP contribution in [0.5, 0.6) is 0 Å². The molecule has 1 aromatic rings. The minimum Gasteiger partial charge on any atom is -0.314 e. The lowest BCUT2D eigenvalue weighted by molar-refractivity contribution is 0.183. The Bertz CT molecular complexity index is 436. The standard InChI is InChI=1S/C16H29BrN4/c1-10(2)12-6-7-13(9-18-11(3)4)14(8-12)15-16(17)19-20-21(15)5/h10-14,18H,6-9H2,1-5H3. The Morgan fingerprint density at radius 3 is 2.52 bits per heavy atom. The Morgan fingerprint density at radius 1 is 1.29 bits per heavy atom. The number of halogens is 1. The van der Waals surface area contributed by atoms with Crippen LogP contribution in [-0.2, 0) is 7.05 Å². The zero-order chi connectivity index (χ0) is 15.6. The molecule has 1 aliphatic carbocycles. The van der Waals surface area contributed by atoms with Gasteiger partial charge in [-0.25, -0.2) is 0 Å². The van der Waals surface area contributed by atoms with Gasteiger partial charge in [0.25, 0.3) is 0 Å². The molecule has 0 aliphatic heterocycles. The van der Waals surface area contributed by atoms with Crippen LogP contribution in [0.4, 0.5) is 0 Å². The van der Waals surface area contributed by atoms with E-state index in [1.165, 1.54) is 25.0 Å². The first-order valence-electron chi connectivity index (χ1n) is 8.18. The summed E-state index contributed by atoms with van der Waals surface area (Å²) < 4.78 is 2.88. The number of rotatable bonds is 5. The molecule has 0 saturated heterocycles. The van der Waals surface area contributed by atoms with E-state index >= 15 is 0 Å². The van der Waals surface area contributed by atoms with Crippen LogP contribution in [0.25, 0.3) is 0 Å². The first kappa shape index (κ1) is 16.9. The molecule has 1 fully saturated rings. The lowest BCUT2D eigenvalue weighted by Gasteiger charge is -2.38. The minimum atomic E-state index is 0.543. The molecule has 2 rings (SSSR count). The van der Waals surface area contributed by atoms with Crippen molar-refractivity contribution in [3.63, 3.8) is 0 Å². The van der Waals surface area contributed by atoms with Crippen LogP contribution in [0.2, 0.25) is 0 Å². The van der Waals surface area contributed by atoms with E-state index in [4.69, 9.17) is 0 Å². The largest absolute Gasteiger partial charge is 0.314 e. The van der Waals surface area contributed by atoms with Gasteiger partial charge in [-0.05, 0) is 59.5 Å². The SMILES string of the molecule is CC(C)NCC1CCC(C(C)C)CC1c1c(Br)nnn1C. The summed E-state index contributed by atoms with van der Waals surface area (Å²) in [6.07, 6.45) is 3.90. The first-order chi connectivity index (χ1) is 9.90. The summed E-state index contributed by atoms with van der Waals surface area (Å²) in [5.74, 6) is 2.79. The Hall–Kier alpha value is -0.420. The van der Waals surface area contributed by atoms with Crippen LogP contribution in [-0.4, -0.2) is 27.6 Å². The van der Waals surface area contributed by atoms with Crippen LogP contribution in [0.1, 0.15) is 58.6 Å². The van der Waals surface area contributed by atoms with Crippen molar-refractivity contribution in [2.75, 3.05) is 6.54 Å². The highest BCUT2D eigenvalue weighted by Crippen LogP contribution is 2.44. The predicted octanol–water partition coefficient (Wildman–Crippen LogP) is 3.73. The van der Waals surface area contributed by atoms with E-state index in [0.717, 1.165) is 23.0 Å². The van der Waals surface area contributed by atoms with Gasteiger partial charge in [0.1, 0.15) is 0 Å². The molecule has 1 heterocycles. The van der Waals surface area contributed by atoms with Gasteiger partial charge >= 0.3 is 0 Å². The smallest absolute Gasteiger partial charge is 0.151 e. The normalized spacial score (nSPS) is 26.8. The fourth-order valence-electron chi connectivity index (χ4n) is 3.57. The summed E-state index contributed by atoms with van der Waals surface area (Å²) in [6, 6.07) is 0.543. The van der Waals surface area contributed by atoms with Gasteiger partial charge in [-0.1, -0.05) is 32.9 Å². The second-order valence-electron chi connectivity index (χ2n) is 7.14. The van der Waals surface area contributed by atoms with Crippen molar-refractivity contribution < 1.29 is 0 Å². The van der Waals surface area contributed by atoms with Crippen molar-refractivity contribution in [3.05, 3.63) is 10.3 Å². The minimum absolute atomic E-state index is 0.543. The molecule has 1 N–H and O–H groups in total. The fourth-order valence-corrected chi connectivity index (χ4v) is 4.19.